The van der Waals surface area contributed by atoms with E-state index in [9.17, 15) is 26.4 Å². The van der Waals surface area contributed by atoms with Crippen LogP contribution in [0.2, 0.25) is 0 Å². The standard InChI is InChI=1S/C22H19F3N2O4S/c1-31-20-11-6-14(22(28)26-21-18(24)4-3-5-19(21)25)12-15(20)13-27(32(2,29)30)17-9-7-16(23)8-10-17/h3-12H,13H2,1-2H3,(H,26,28). The Kier molecular flexibility index (Phi) is 6.73. The highest BCUT2D eigenvalue weighted by Gasteiger charge is 2.21. The van der Waals surface area contributed by atoms with Crippen LogP contribution in [-0.2, 0) is 16.6 Å². The molecule has 0 spiro atoms. The quantitative estimate of drug-likeness (QED) is 0.565. The van der Waals surface area contributed by atoms with Crippen molar-refractivity contribution in [2.24, 2.45) is 0 Å². The summed E-state index contributed by atoms with van der Waals surface area (Å²) in [5.74, 6) is -2.92. The predicted molar refractivity (Wildman–Crippen MR) is 115 cm³/mol. The number of ether oxygens (including phenoxy) is 1. The second kappa shape index (κ2) is 9.31. The van der Waals surface area contributed by atoms with E-state index in [1.54, 1.807) is 0 Å². The number of nitrogens with zero attached hydrogens (tertiary/aromatic N) is 1. The van der Waals surface area contributed by atoms with Crippen molar-refractivity contribution in [2.75, 3.05) is 23.0 Å². The third kappa shape index (κ3) is 5.20. The van der Waals surface area contributed by atoms with Crippen molar-refractivity contribution < 1.29 is 31.1 Å². The Bertz CT molecular complexity index is 1230. The number of para-hydroxylation sites is 1. The molecule has 1 N–H and O–H groups in total. The van der Waals surface area contributed by atoms with E-state index >= 15 is 0 Å². The first-order valence-electron chi connectivity index (χ1n) is 9.25. The van der Waals surface area contributed by atoms with Gasteiger partial charge in [0.15, 0.2) is 0 Å². The van der Waals surface area contributed by atoms with Crippen LogP contribution in [0, 0.1) is 17.5 Å². The number of carbonyl (C=O) groups is 1. The first kappa shape index (κ1) is 23.1. The van der Waals surface area contributed by atoms with Crippen molar-refractivity contribution in [1.82, 2.24) is 0 Å². The number of sulfonamides is 1. The van der Waals surface area contributed by atoms with Gasteiger partial charge in [-0.05, 0) is 54.6 Å². The minimum Gasteiger partial charge on any atom is -0.496 e. The average Bonchev–Trinajstić information content (AvgIpc) is 2.74. The lowest BCUT2D eigenvalue weighted by atomic mass is 10.1. The largest absolute Gasteiger partial charge is 0.496 e. The predicted octanol–water partition coefficient (Wildman–Crippen LogP) is 4.33. The van der Waals surface area contributed by atoms with Gasteiger partial charge in [0.1, 0.15) is 28.9 Å². The molecule has 0 saturated carbocycles. The zero-order valence-corrected chi connectivity index (χ0v) is 17.9. The van der Waals surface area contributed by atoms with E-state index in [1.165, 1.54) is 43.5 Å². The molecule has 0 aliphatic carbocycles. The second-order valence-corrected chi connectivity index (χ2v) is 8.73. The Morgan fingerprint density at radius 2 is 1.62 bits per heavy atom. The van der Waals surface area contributed by atoms with Crippen molar-refractivity contribution in [3.63, 3.8) is 0 Å². The molecule has 3 rings (SSSR count). The van der Waals surface area contributed by atoms with Gasteiger partial charge >= 0.3 is 0 Å². The molecule has 10 heteroatoms. The van der Waals surface area contributed by atoms with Gasteiger partial charge in [-0.2, -0.15) is 0 Å². The summed E-state index contributed by atoms with van der Waals surface area (Å²) in [6.45, 7) is -0.233. The van der Waals surface area contributed by atoms with Crippen LogP contribution in [0.1, 0.15) is 15.9 Å². The van der Waals surface area contributed by atoms with Crippen molar-refractivity contribution in [2.45, 2.75) is 6.54 Å². The van der Waals surface area contributed by atoms with Gasteiger partial charge in [0.05, 0.1) is 25.6 Å². The normalized spacial score (nSPS) is 11.2. The monoisotopic (exact) mass is 464 g/mol. The maximum Gasteiger partial charge on any atom is 0.255 e. The minimum atomic E-state index is -3.79. The van der Waals surface area contributed by atoms with Gasteiger partial charge in [0.2, 0.25) is 10.0 Å². The van der Waals surface area contributed by atoms with Gasteiger partial charge in [-0.1, -0.05) is 6.07 Å². The van der Waals surface area contributed by atoms with Gasteiger partial charge in [0.25, 0.3) is 5.91 Å². The highest BCUT2D eigenvalue weighted by Crippen LogP contribution is 2.27. The van der Waals surface area contributed by atoms with Gasteiger partial charge in [0, 0.05) is 11.1 Å². The van der Waals surface area contributed by atoms with E-state index in [1.807, 2.05) is 0 Å². The number of methoxy groups -OCH3 is 1. The molecule has 0 fully saturated rings. The summed E-state index contributed by atoms with van der Waals surface area (Å²) in [6.07, 6.45) is 0.986. The average molecular weight is 464 g/mol. The van der Waals surface area contributed by atoms with Crippen molar-refractivity contribution in [3.8, 4) is 5.75 Å². The number of hydrogen-bond acceptors (Lipinski definition) is 4. The molecule has 0 radical (unpaired) electrons. The Morgan fingerprint density at radius 3 is 2.19 bits per heavy atom. The summed E-state index contributed by atoms with van der Waals surface area (Å²) in [5.41, 5.74) is -0.0573. The minimum absolute atomic E-state index is 0.0241. The molecule has 6 nitrogen and oxygen atoms in total. The molecule has 0 aliphatic rings. The topological polar surface area (TPSA) is 75.7 Å². The molecule has 168 valence electrons. The molecule has 0 bridgehead atoms. The fraction of sp³-hybridized carbons (Fsp3) is 0.136. The lowest BCUT2D eigenvalue weighted by Gasteiger charge is -2.24. The SMILES string of the molecule is COc1ccc(C(=O)Nc2c(F)cccc2F)cc1CN(c1ccc(F)cc1)S(C)(=O)=O. The van der Waals surface area contributed by atoms with Gasteiger partial charge in [-0.3, -0.25) is 9.10 Å². The number of benzene rings is 3. The summed E-state index contributed by atoms with van der Waals surface area (Å²) >= 11 is 0. The van der Waals surface area contributed by atoms with Crippen LogP contribution in [0.5, 0.6) is 5.75 Å². The number of anilines is 2. The third-order valence-corrected chi connectivity index (χ3v) is 5.71. The third-order valence-electron chi connectivity index (χ3n) is 4.57. The summed E-state index contributed by atoms with van der Waals surface area (Å²) in [6, 6.07) is 12.2. The Hall–Kier alpha value is -3.53. The zero-order valence-electron chi connectivity index (χ0n) is 17.1. The van der Waals surface area contributed by atoms with Crippen LogP contribution in [0.3, 0.4) is 0 Å². The van der Waals surface area contributed by atoms with Gasteiger partial charge in [-0.25, -0.2) is 21.6 Å². The van der Waals surface area contributed by atoms with E-state index in [-0.39, 0.29) is 23.5 Å². The molecule has 1 amide bonds. The number of carbonyl (C=O) groups excluding carboxylic acids is 1. The molecule has 0 aromatic heterocycles. The Labute approximate surface area is 183 Å². The van der Waals surface area contributed by atoms with E-state index in [0.717, 1.165) is 34.8 Å². The summed E-state index contributed by atoms with van der Waals surface area (Å²) in [5, 5.41) is 2.18. The highest BCUT2D eigenvalue weighted by molar-refractivity contribution is 7.92. The molecule has 0 atom stereocenters. The molecular formula is C22H19F3N2O4S. The summed E-state index contributed by atoms with van der Waals surface area (Å²) in [7, 11) is -2.42. The van der Waals surface area contributed by atoms with Gasteiger partial charge in [-0.15, -0.1) is 0 Å². The molecule has 3 aromatic rings. The Balaban J connectivity index is 1.96. The van der Waals surface area contributed by atoms with E-state index in [2.05, 4.69) is 5.32 Å². The first-order chi connectivity index (χ1) is 15.1. The van der Waals surface area contributed by atoms with E-state index < -0.39 is 39.1 Å². The van der Waals surface area contributed by atoms with E-state index in [0.29, 0.717) is 5.56 Å². The fourth-order valence-corrected chi connectivity index (χ4v) is 3.89. The van der Waals surface area contributed by atoms with Crippen molar-refractivity contribution in [1.29, 1.82) is 0 Å². The molecule has 3 aromatic carbocycles. The maximum absolute atomic E-state index is 13.9. The lowest BCUT2D eigenvalue weighted by molar-refractivity contribution is 0.102. The number of hydrogen-bond donors (Lipinski definition) is 1. The van der Waals surface area contributed by atoms with Crippen LogP contribution in [-0.4, -0.2) is 27.7 Å². The fourth-order valence-electron chi connectivity index (χ4n) is 3.01. The van der Waals surface area contributed by atoms with E-state index in [4.69, 9.17) is 4.74 Å². The summed E-state index contributed by atoms with van der Waals surface area (Å²) in [4.78, 5) is 12.6. The smallest absolute Gasteiger partial charge is 0.255 e. The number of halogens is 3. The lowest BCUT2D eigenvalue weighted by Crippen LogP contribution is -2.29. The van der Waals surface area contributed by atoms with Crippen LogP contribution < -0.4 is 14.4 Å². The van der Waals surface area contributed by atoms with Crippen LogP contribution in [0.25, 0.3) is 0 Å². The Morgan fingerprint density at radius 1 is 1.00 bits per heavy atom. The molecule has 0 aliphatic heterocycles. The first-order valence-corrected chi connectivity index (χ1v) is 11.1. The van der Waals surface area contributed by atoms with Gasteiger partial charge < -0.3 is 10.1 Å². The zero-order chi connectivity index (χ0) is 23.5. The van der Waals surface area contributed by atoms with Crippen molar-refractivity contribution >= 4 is 27.3 Å². The maximum atomic E-state index is 13.9. The molecular weight excluding hydrogens is 445 g/mol. The number of amides is 1. The van der Waals surface area contributed by atoms with Crippen LogP contribution in [0.4, 0.5) is 24.5 Å². The van der Waals surface area contributed by atoms with Crippen LogP contribution in [0.15, 0.2) is 60.7 Å². The van der Waals surface area contributed by atoms with Crippen molar-refractivity contribution in [3.05, 3.63) is 89.2 Å². The highest BCUT2D eigenvalue weighted by atomic mass is 32.2. The number of rotatable bonds is 7. The second-order valence-electron chi connectivity index (χ2n) is 6.82. The molecule has 0 unspecified atom stereocenters. The molecule has 0 saturated heterocycles. The number of nitrogens with one attached hydrogen (secondary N) is 1. The van der Waals surface area contributed by atoms with Crippen LogP contribution >= 0.6 is 0 Å². The molecule has 32 heavy (non-hydrogen) atoms. The molecule has 0 heterocycles. The summed E-state index contributed by atoms with van der Waals surface area (Å²) < 4.78 is 72.1.